The lowest BCUT2D eigenvalue weighted by Crippen LogP contribution is -2.30. The van der Waals surface area contributed by atoms with E-state index in [0.29, 0.717) is 11.4 Å². The first-order chi connectivity index (χ1) is 12.2. The van der Waals surface area contributed by atoms with Crippen LogP contribution < -0.4 is 4.74 Å². The molecule has 0 fully saturated rings. The number of pyridine rings is 1. The van der Waals surface area contributed by atoms with E-state index in [1.54, 1.807) is 0 Å². The molecule has 3 rings (SSSR count). The number of halogens is 1. The Balaban J connectivity index is 2.04. The number of hydrogen-bond acceptors (Lipinski definition) is 3. The lowest BCUT2D eigenvalue weighted by molar-refractivity contribution is -0.128. The van der Waals surface area contributed by atoms with E-state index in [4.69, 9.17) is 21.3 Å². The van der Waals surface area contributed by atoms with E-state index in [1.165, 1.54) is 0 Å². The molecule has 1 aliphatic rings. The van der Waals surface area contributed by atoms with Crippen LogP contribution in [-0.2, 0) is 16.6 Å². The number of rotatable bonds is 4. The maximum absolute atomic E-state index is 12.6. The zero-order chi connectivity index (χ0) is 19.1. The number of nitrogens with zero attached hydrogens (tertiary/aromatic N) is 1. The molecule has 2 unspecified atom stereocenters. The van der Waals surface area contributed by atoms with Gasteiger partial charge in [-0.25, -0.2) is 4.98 Å². The molecule has 138 valence electrons. The number of hydrogen-bond donors (Lipinski definition) is 0. The molecule has 2 heterocycles. The average Bonchev–Trinajstić information content (AvgIpc) is 3.03. The third-order valence-electron chi connectivity index (χ3n) is 5.05. The molecule has 0 saturated heterocycles. The number of benzene rings is 1. The zero-order valence-electron chi connectivity index (χ0n) is 16.1. The summed E-state index contributed by atoms with van der Waals surface area (Å²) in [5, 5.41) is 0.702. The van der Waals surface area contributed by atoms with E-state index < -0.39 is 6.10 Å². The summed E-state index contributed by atoms with van der Waals surface area (Å²) in [4.78, 5) is 17.5. The van der Waals surface area contributed by atoms with Gasteiger partial charge in [0.15, 0.2) is 11.9 Å². The van der Waals surface area contributed by atoms with E-state index in [2.05, 4.69) is 26.8 Å². The number of ether oxygens (including phenoxy) is 1. The summed E-state index contributed by atoms with van der Waals surface area (Å²) < 4.78 is 6.13. The van der Waals surface area contributed by atoms with Crippen LogP contribution in [-0.4, -0.2) is 16.9 Å². The monoisotopic (exact) mass is 371 g/mol. The van der Waals surface area contributed by atoms with Gasteiger partial charge in [0.2, 0.25) is 0 Å². The molecule has 1 aliphatic heterocycles. The van der Waals surface area contributed by atoms with Crippen LogP contribution in [0.5, 0.6) is 5.75 Å². The third-order valence-corrected chi connectivity index (χ3v) is 5.30. The molecule has 4 heteroatoms. The number of Topliss-reactive ketones (excluding diaryl/α,β-unsaturated/α-hetero) is 1. The van der Waals surface area contributed by atoms with Crippen LogP contribution in [0.15, 0.2) is 30.3 Å². The largest absolute Gasteiger partial charge is 0.480 e. The average molecular weight is 372 g/mol. The predicted octanol–water partition coefficient (Wildman–Crippen LogP) is 5.62. The Morgan fingerprint density at radius 1 is 1.31 bits per heavy atom. The molecule has 0 saturated carbocycles. The van der Waals surface area contributed by atoms with Gasteiger partial charge in [-0.1, -0.05) is 58.4 Å². The SMILES string of the molecule is CCC(C)C(=O)C1Cc2nc(-c3ccc(Cl)cc3)cc(C(C)(C)C)c2O1. The van der Waals surface area contributed by atoms with E-state index in [9.17, 15) is 4.79 Å². The van der Waals surface area contributed by atoms with Crippen molar-refractivity contribution in [1.82, 2.24) is 4.98 Å². The van der Waals surface area contributed by atoms with E-state index in [0.717, 1.165) is 34.7 Å². The molecular weight excluding hydrogens is 346 g/mol. The van der Waals surface area contributed by atoms with Crippen LogP contribution in [0.1, 0.15) is 52.3 Å². The second-order valence-corrected chi connectivity index (χ2v) is 8.55. The number of carbonyl (C=O) groups is 1. The summed E-state index contributed by atoms with van der Waals surface area (Å²) in [5.74, 6) is 0.957. The lowest BCUT2D eigenvalue weighted by atomic mass is 9.85. The topological polar surface area (TPSA) is 39.2 Å². The third kappa shape index (κ3) is 3.64. The molecule has 1 aromatic carbocycles. The Hall–Kier alpha value is -1.87. The summed E-state index contributed by atoms with van der Waals surface area (Å²) in [6.07, 6.45) is 0.946. The van der Waals surface area contributed by atoms with Crippen LogP contribution in [0, 0.1) is 5.92 Å². The van der Waals surface area contributed by atoms with Crippen molar-refractivity contribution in [3.8, 4) is 17.0 Å². The number of carbonyl (C=O) groups excluding carboxylic acids is 1. The van der Waals surface area contributed by atoms with E-state index in [1.807, 2.05) is 38.1 Å². The highest BCUT2D eigenvalue weighted by Crippen LogP contribution is 2.41. The molecule has 2 aromatic rings. The molecule has 0 N–H and O–H groups in total. The van der Waals surface area contributed by atoms with Gasteiger partial charge in [0.05, 0.1) is 11.4 Å². The second-order valence-electron chi connectivity index (χ2n) is 8.11. The van der Waals surface area contributed by atoms with Gasteiger partial charge in [0.25, 0.3) is 0 Å². The molecule has 0 aliphatic carbocycles. The smallest absolute Gasteiger partial charge is 0.176 e. The Morgan fingerprint density at radius 2 is 1.96 bits per heavy atom. The Labute approximate surface area is 160 Å². The van der Waals surface area contributed by atoms with Crippen molar-refractivity contribution >= 4 is 17.4 Å². The molecule has 0 radical (unpaired) electrons. The van der Waals surface area contributed by atoms with Crippen molar-refractivity contribution in [3.63, 3.8) is 0 Å². The molecule has 26 heavy (non-hydrogen) atoms. The fourth-order valence-corrected chi connectivity index (χ4v) is 3.34. The highest BCUT2D eigenvalue weighted by atomic mass is 35.5. The number of ketones is 1. The number of aromatic nitrogens is 1. The first-order valence-corrected chi connectivity index (χ1v) is 9.59. The van der Waals surface area contributed by atoms with Gasteiger partial charge in [-0.3, -0.25) is 4.79 Å². The minimum Gasteiger partial charge on any atom is -0.480 e. The first-order valence-electron chi connectivity index (χ1n) is 9.21. The van der Waals surface area contributed by atoms with Crippen LogP contribution in [0.25, 0.3) is 11.3 Å². The van der Waals surface area contributed by atoms with Crippen LogP contribution in [0.3, 0.4) is 0 Å². The fraction of sp³-hybridized carbons (Fsp3) is 0.455. The van der Waals surface area contributed by atoms with Gasteiger partial charge in [-0.05, 0) is 30.0 Å². The predicted molar refractivity (Wildman–Crippen MR) is 106 cm³/mol. The standard InChI is InChI=1S/C22H26ClNO2/c1-6-13(2)20(25)19-12-18-21(26-19)16(22(3,4)5)11-17(24-18)14-7-9-15(23)10-8-14/h7-11,13,19H,6,12H2,1-5H3. The van der Waals surface area contributed by atoms with Gasteiger partial charge in [0, 0.05) is 28.5 Å². The van der Waals surface area contributed by atoms with Crippen molar-refractivity contribution in [2.45, 2.75) is 59.0 Å². The second kappa shape index (κ2) is 7.03. The summed E-state index contributed by atoms with van der Waals surface area (Å²) in [6, 6.07) is 9.77. The van der Waals surface area contributed by atoms with Gasteiger partial charge >= 0.3 is 0 Å². The summed E-state index contributed by atoms with van der Waals surface area (Å²) in [5.41, 5.74) is 3.77. The quantitative estimate of drug-likeness (QED) is 0.700. The van der Waals surface area contributed by atoms with Crippen molar-refractivity contribution in [2.24, 2.45) is 5.92 Å². The van der Waals surface area contributed by atoms with Gasteiger partial charge < -0.3 is 4.74 Å². The highest BCUT2D eigenvalue weighted by Gasteiger charge is 2.36. The van der Waals surface area contributed by atoms with Crippen LogP contribution in [0.2, 0.25) is 5.02 Å². The first kappa shape index (κ1) is 18.9. The highest BCUT2D eigenvalue weighted by molar-refractivity contribution is 6.30. The number of fused-ring (bicyclic) bond motifs is 1. The molecule has 1 aromatic heterocycles. The molecule has 0 bridgehead atoms. The normalized spacial score (nSPS) is 17.5. The lowest BCUT2D eigenvalue weighted by Gasteiger charge is -2.23. The van der Waals surface area contributed by atoms with E-state index in [-0.39, 0.29) is 17.1 Å². The van der Waals surface area contributed by atoms with E-state index >= 15 is 0 Å². The van der Waals surface area contributed by atoms with Gasteiger partial charge in [-0.15, -0.1) is 0 Å². The molecule has 3 nitrogen and oxygen atoms in total. The van der Waals surface area contributed by atoms with Gasteiger partial charge in [-0.2, -0.15) is 0 Å². The van der Waals surface area contributed by atoms with Crippen LogP contribution >= 0.6 is 11.6 Å². The molecule has 2 atom stereocenters. The van der Waals surface area contributed by atoms with Crippen molar-refractivity contribution in [3.05, 3.63) is 46.6 Å². The maximum Gasteiger partial charge on any atom is 0.176 e. The van der Waals surface area contributed by atoms with Crippen molar-refractivity contribution in [2.75, 3.05) is 0 Å². The Morgan fingerprint density at radius 3 is 2.54 bits per heavy atom. The van der Waals surface area contributed by atoms with Crippen molar-refractivity contribution in [1.29, 1.82) is 0 Å². The van der Waals surface area contributed by atoms with Gasteiger partial charge in [0.1, 0.15) is 5.75 Å². The minimum atomic E-state index is -0.422. The Kier molecular flexibility index (Phi) is 5.12. The summed E-state index contributed by atoms with van der Waals surface area (Å²) >= 11 is 6.02. The summed E-state index contributed by atoms with van der Waals surface area (Å²) in [7, 11) is 0. The molecule has 0 spiro atoms. The zero-order valence-corrected chi connectivity index (χ0v) is 16.9. The van der Waals surface area contributed by atoms with Crippen LogP contribution in [0.4, 0.5) is 0 Å². The van der Waals surface area contributed by atoms with Crippen molar-refractivity contribution < 1.29 is 9.53 Å². The molecular formula is C22H26ClNO2. The summed E-state index contributed by atoms with van der Waals surface area (Å²) in [6.45, 7) is 10.5. The maximum atomic E-state index is 12.6. The Bertz CT molecular complexity index is 821. The minimum absolute atomic E-state index is 0.00290. The molecule has 0 amide bonds. The fourth-order valence-electron chi connectivity index (χ4n) is 3.22.